The normalized spacial score (nSPS) is 19.1. The molecule has 0 unspecified atom stereocenters. The van der Waals surface area contributed by atoms with E-state index >= 15 is 0 Å². The van der Waals surface area contributed by atoms with Crippen LogP contribution in [-0.4, -0.2) is 28.7 Å². The van der Waals surface area contributed by atoms with E-state index in [2.05, 4.69) is 19.2 Å². The van der Waals surface area contributed by atoms with Crippen molar-refractivity contribution in [2.75, 3.05) is 5.32 Å². The molecule has 1 fully saturated rings. The van der Waals surface area contributed by atoms with Gasteiger partial charge in [0.25, 0.3) is 0 Å². The van der Waals surface area contributed by atoms with Gasteiger partial charge in [-0.1, -0.05) is 25.3 Å². The number of anilines is 1. The highest BCUT2D eigenvalue weighted by atomic mass is 16.6. The Bertz CT molecular complexity index is 812. The van der Waals surface area contributed by atoms with Crippen LogP contribution in [0.3, 0.4) is 0 Å². The van der Waals surface area contributed by atoms with Crippen molar-refractivity contribution >= 4 is 23.3 Å². The van der Waals surface area contributed by atoms with Crippen LogP contribution in [0.15, 0.2) is 23.2 Å². The van der Waals surface area contributed by atoms with E-state index in [9.17, 15) is 9.59 Å². The van der Waals surface area contributed by atoms with Crippen molar-refractivity contribution in [1.29, 1.82) is 0 Å². The number of nitrogens with zero attached hydrogens (tertiary/aromatic N) is 1. The summed E-state index contributed by atoms with van der Waals surface area (Å²) >= 11 is 0. The zero-order valence-corrected chi connectivity index (χ0v) is 18.4. The molecular formula is C24H34N2O3. The fraction of sp³-hybridized carbons (Fsp3) is 0.625. The summed E-state index contributed by atoms with van der Waals surface area (Å²) in [6.07, 6.45) is 6.30. The first-order valence-corrected chi connectivity index (χ1v) is 10.8. The summed E-state index contributed by atoms with van der Waals surface area (Å²) in [5.41, 5.74) is 2.93. The maximum atomic E-state index is 12.9. The van der Waals surface area contributed by atoms with E-state index in [0.717, 1.165) is 48.9 Å². The molecule has 1 N–H and O–H groups in total. The SMILES string of the molecule is CC1(C)Cc2cc(NC(=O)OC(C)(C)C)ccc2C(CC(=O)C2CCCCC2)=N1. The predicted octanol–water partition coefficient (Wildman–Crippen LogP) is 5.70. The smallest absolute Gasteiger partial charge is 0.412 e. The number of hydrogen-bond donors (Lipinski definition) is 1. The Hall–Kier alpha value is -2.17. The van der Waals surface area contributed by atoms with Crippen molar-refractivity contribution in [2.45, 2.75) is 90.7 Å². The van der Waals surface area contributed by atoms with Gasteiger partial charge in [-0.05, 0) is 77.1 Å². The maximum absolute atomic E-state index is 12.9. The number of rotatable bonds is 4. The Morgan fingerprint density at radius 1 is 1.17 bits per heavy atom. The number of benzene rings is 1. The average Bonchev–Trinajstić information content (AvgIpc) is 2.59. The third kappa shape index (κ3) is 5.91. The maximum Gasteiger partial charge on any atom is 0.412 e. The van der Waals surface area contributed by atoms with E-state index in [1.54, 1.807) is 0 Å². The number of Topliss-reactive ketones (excluding diaryl/α,β-unsaturated/α-hetero) is 1. The molecule has 0 aromatic heterocycles. The van der Waals surface area contributed by atoms with Crippen LogP contribution in [0.25, 0.3) is 0 Å². The fourth-order valence-electron chi connectivity index (χ4n) is 4.32. The zero-order chi connectivity index (χ0) is 21.2. The molecule has 5 nitrogen and oxygen atoms in total. The Morgan fingerprint density at radius 2 is 1.86 bits per heavy atom. The topological polar surface area (TPSA) is 67.8 Å². The van der Waals surface area contributed by atoms with Gasteiger partial charge in [0, 0.05) is 18.0 Å². The van der Waals surface area contributed by atoms with Crippen LogP contribution in [-0.2, 0) is 16.0 Å². The fourth-order valence-corrected chi connectivity index (χ4v) is 4.32. The molecule has 1 amide bonds. The van der Waals surface area contributed by atoms with Gasteiger partial charge < -0.3 is 4.74 Å². The molecule has 1 aliphatic carbocycles. The largest absolute Gasteiger partial charge is 0.444 e. The highest BCUT2D eigenvalue weighted by Crippen LogP contribution is 2.32. The molecule has 5 heteroatoms. The number of fused-ring (bicyclic) bond motifs is 1. The van der Waals surface area contributed by atoms with Gasteiger partial charge in [-0.3, -0.25) is 15.1 Å². The van der Waals surface area contributed by atoms with Crippen molar-refractivity contribution < 1.29 is 14.3 Å². The number of amides is 1. The Kier molecular flexibility index (Phi) is 6.16. The number of nitrogens with one attached hydrogen (secondary N) is 1. The summed E-state index contributed by atoms with van der Waals surface area (Å²) in [4.78, 5) is 29.9. The van der Waals surface area contributed by atoms with Gasteiger partial charge in [-0.2, -0.15) is 0 Å². The molecule has 0 bridgehead atoms. The van der Waals surface area contributed by atoms with E-state index in [4.69, 9.17) is 9.73 Å². The Labute approximate surface area is 174 Å². The second-order valence-corrected chi connectivity index (χ2v) is 10.0. The number of carbonyl (C=O) groups excluding carboxylic acids is 2. The van der Waals surface area contributed by atoms with Crippen LogP contribution in [0, 0.1) is 5.92 Å². The number of hydrogen-bond acceptors (Lipinski definition) is 4. The second kappa shape index (κ2) is 8.29. The predicted molar refractivity (Wildman–Crippen MR) is 117 cm³/mol. The molecular weight excluding hydrogens is 364 g/mol. The van der Waals surface area contributed by atoms with E-state index in [1.165, 1.54) is 6.42 Å². The molecule has 2 aliphatic rings. The number of ether oxygens (including phenoxy) is 1. The summed E-state index contributed by atoms with van der Waals surface area (Å²) in [6, 6.07) is 5.83. The summed E-state index contributed by atoms with van der Waals surface area (Å²) in [5, 5.41) is 2.82. The molecule has 0 radical (unpaired) electrons. The Morgan fingerprint density at radius 3 is 2.52 bits per heavy atom. The molecule has 29 heavy (non-hydrogen) atoms. The second-order valence-electron chi connectivity index (χ2n) is 10.0. The molecule has 1 aromatic carbocycles. The van der Waals surface area contributed by atoms with Gasteiger partial charge in [-0.25, -0.2) is 4.79 Å². The molecule has 0 atom stereocenters. The molecule has 158 valence electrons. The highest BCUT2D eigenvalue weighted by molar-refractivity contribution is 6.13. The molecule has 1 saturated carbocycles. The summed E-state index contributed by atoms with van der Waals surface area (Å²) < 4.78 is 5.35. The summed E-state index contributed by atoms with van der Waals surface area (Å²) in [5.74, 6) is 0.510. The third-order valence-electron chi connectivity index (χ3n) is 5.52. The van der Waals surface area contributed by atoms with Crippen molar-refractivity contribution in [1.82, 2.24) is 0 Å². The van der Waals surface area contributed by atoms with E-state index in [0.29, 0.717) is 17.9 Å². The van der Waals surface area contributed by atoms with Gasteiger partial charge >= 0.3 is 6.09 Å². The van der Waals surface area contributed by atoms with Gasteiger partial charge in [0.1, 0.15) is 11.4 Å². The minimum Gasteiger partial charge on any atom is -0.444 e. The minimum absolute atomic E-state index is 0.188. The lowest BCUT2D eigenvalue weighted by molar-refractivity contribution is -0.122. The van der Waals surface area contributed by atoms with Crippen LogP contribution >= 0.6 is 0 Å². The van der Waals surface area contributed by atoms with Gasteiger partial charge in [0.05, 0.1) is 11.3 Å². The van der Waals surface area contributed by atoms with Crippen LogP contribution in [0.2, 0.25) is 0 Å². The van der Waals surface area contributed by atoms with Crippen LogP contribution in [0.4, 0.5) is 10.5 Å². The average molecular weight is 399 g/mol. The molecule has 1 aliphatic heterocycles. The summed E-state index contributed by atoms with van der Waals surface area (Å²) in [6.45, 7) is 9.71. The van der Waals surface area contributed by atoms with Gasteiger partial charge in [-0.15, -0.1) is 0 Å². The Balaban J connectivity index is 1.78. The molecule has 0 saturated heterocycles. The van der Waals surface area contributed by atoms with Crippen molar-refractivity contribution in [3.05, 3.63) is 29.3 Å². The van der Waals surface area contributed by atoms with Crippen molar-refractivity contribution in [2.24, 2.45) is 10.9 Å². The molecule has 0 spiro atoms. The third-order valence-corrected chi connectivity index (χ3v) is 5.52. The molecule has 3 rings (SSSR count). The number of carbonyl (C=O) groups is 2. The molecule has 1 aromatic rings. The first-order valence-electron chi connectivity index (χ1n) is 10.8. The van der Waals surface area contributed by atoms with E-state index in [1.807, 2.05) is 39.0 Å². The number of aliphatic imine (C=N–C) groups is 1. The molecule has 1 heterocycles. The number of ketones is 1. The van der Waals surface area contributed by atoms with Crippen LogP contribution < -0.4 is 5.32 Å². The van der Waals surface area contributed by atoms with Gasteiger partial charge in [0.15, 0.2) is 0 Å². The standard InChI is InChI=1S/C24H34N2O3/c1-23(2,3)29-22(28)25-18-11-12-19-17(13-18)15-24(4,5)26-20(19)14-21(27)16-9-7-6-8-10-16/h11-13,16H,6-10,14-15H2,1-5H3,(H,25,28). The zero-order valence-electron chi connectivity index (χ0n) is 18.4. The van der Waals surface area contributed by atoms with Crippen LogP contribution in [0.5, 0.6) is 0 Å². The first-order chi connectivity index (χ1) is 13.5. The van der Waals surface area contributed by atoms with E-state index < -0.39 is 11.7 Å². The highest BCUT2D eigenvalue weighted by Gasteiger charge is 2.30. The van der Waals surface area contributed by atoms with Crippen molar-refractivity contribution in [3.8, 4) is 0 Å². The quantitative estimate of drug-likeness (QED) is 0.708. The lowest BCUT2D eigenvalue weighted by atomic mass is 9.81. The first kappa shape index (κ1) is 21.5. The van der Waals surface area contributed by atoms with Gasteiger partial charge in [0.2, 0.25) is 0 Å². The van der Waals surface area contributed by atoms with E-state index in [-0.39, 0.29) is 11.5 Å². The van der Waals surface area contributed by atoms with Crippen molar-refractivity contribution in [3.63, 3.8) is 0 Å². The lowest BCUT2D eigenvalue weighted by Gasteiger charge is -2.30. The summed E-state index contributed by atoms with van der Waals surface area (Å²) in [7, 11) is 0. The minimum atomic E-state index is -0.542. The van der Waals surface area contributed by atoms with Crippen LogP contribution in [0.1, 0.15) is 84.3 Å². The monoisotopic (exact) mass is 398 g/mol. The lowest BCUT2D eigenvalue weighted by Crippen LogP contribution is -2.31.